The van der Waals surface area contributed by atoms with Crippen molar-refractivity contribution in [3.05, 3.63) is 53.4 Å². The number of nitrogens with one attached hydrogen (secondary N) is 1. The molecular weight excluding hydrogens is 411 g/mol. The Morgan fingerprint density at radius 1 is 1.00 bits per heavy atom. The van der Waals surface area contributed by atoms with Gasteiger partial charge < -0.3 is 15.8 Å². The molecule has 3 heterocycles. The van der Waals surface area contributed by atoms with Crippen LogP contribution in [0.1, 0.15) is 17.1 Å². The number of nitrogens with zero attached hydrogens (tertiary/aromatic N) is 5. The van der Waals surface area contributed by atoms with E-state index >= 15 is 0 Å². The lowest BCUT2D eigenvalue weighted by atomic mass is 10.3. The summed E-state index contributed by atoms with van der Waals surface area (Å²) >= 11 is 0. The number of alkyl halides is 2. The lowest BCUT2D eigenvalue weighted by molar-refractivity contribution is -0.0498. The molecule has 0 spiro atoms. The fourth-order valence-corrected chi connectivity index (χ4v) is 3.24. The first-order valence-electron chi connectivity index (χ1n) is 9.21. The predicted octanol–water partition coefficient (Wildman–Crippen LogP) is 4.18. The Morgan fingerprint density at radius 3 is 2.39 bits per heavy atom. The van der Waals surface area contributed by atoms with E-state index in [1.54, 1.807) is 17.5 Å². The molecule has 0 aliphatic heterocycles. The highest BCUT2D eigenvalue weighted by atomic mass is 19.3. The highest BCUT2D eigenvalue weighted by Gasteiger charge is 2.20. The molecule has 160 valence electrons. The van der Waals surface area contributed by atoms with Crippen LogP contribution in [0.3, 0.4) is 0 Å². The van der Waals surface area contributed by atoms with Gasteiger partial charge in [-0.05, 0) is 45.0 Å². The van der Waals surface area contributed by atoms with E-state index in [0.717, 1.165) is 11.4 Å². The van der Waals surface area contributed by atoms with Crippen LogP contribution in [0.15, 0.2) is 30.5 Å². The maximum absolute atomic E-state index is 14.6. The summed E-state index contributed by atoms with van der Waals surface area (Å²) in [4.78, 5) is 17.3. The quantitative estimate of drug-likeness (QED) is 0.491. The molecule has 0 aliphatic carbocycles. The Kier molecular flexibility index (Phi) is 5.09. The lowest BCUT2D eigenvalue weighted by Gasteiger charge is -2.11. The molecule has 31 heavy (non-hydrogen) atoms. The van der Waals surface area contributed by atoms with E-state index in [2.05, 4.69) is 30.0 Å². The van der Waals surface area contributed by atoms with Gasteiger partial charge in [-0.25, -0.2) is 15.0 Å². The zero-order chi connectivity index (χ0) is 22.3. The van der Waals surface area contributed by atoms with Crippen molar-refractivity contribution in [2.75, 3.05) is 11.1 Å². The van der Waals surface area contributed by atoms with Gasteiger partial charge in [-0.15, -0.1) is 0 Å². The first kappa shape index (κ1) is 20.4. The van der Waals surface area contributed by atoms with Crippen molar-refractivity contribution in [2.24, 2.45) is 0 Å². The molecule has 0 unspecified atom stereocenters. The number of aryl methyl sites for hydroxylation is 3. The van der Waals surface area contributed by atoms with Crippen LogP contribution in [0.4, 0.5) is 30.5 Å². The zero-order valence-electron chi connectivity index (χ0n) is 16.8. The third-order valence-electron chi connectivity index (χ3n) is 4.50. The number of nitrogens with two attached hydrogens (primary N) is 1. The van der Waals surface area contributed by atoms with Gasteiger partial charge in [0.25, 0.3) is 0 Å². The molecule has 3 N–H and O–H groups in total. The smallest absolute Gasteiger partial charge is 0.387 e. The lowest BCUT2D eigenvalue weighted by Crippen LogP contribution is -2.07. The van der Waals surface area contributed by atoms with Crippen molar-refractivity contribution in [1.29, 1.82) is 0 Å². The van der Waals surface area contributed by atoms with Gasteiger partial charge in [0.1, 0.15) is 11.4 Å². The minimum Gasteiger partial charge on any atom is -0.435 e. The van der Waals surface area contributed by atoms with E-state index in [0.29, 0.717) is 22.7 Å². The molecule has 0 saturated carbocycles. The van der Waals surface area contributed by atoms with Crippen molar-refractivity contribution in [1.82, 2.24) is 24.3 Å². The van der Waals surface area contributed by atoms with Gasteiger partial charge in [-0.1, -0.05) is 0 Å². The monoisotopic (exact) mass is 429 g/mol. The summed E-state index contributed by atoms with van der Waals surface area (Å²) in [6.45, 7) is 2.54. The fourth-order valence-electron chi connectivity index (χ4n) is 3.24. The van der Waals surface area contributed by atoms with Gasteiger partial charge in [-0.2, -0.15) is 13.2 Å². The van der Waals surface area contributed by atoms with Gasteiger partial charge in [0, 0.05) is 11.9 Å². The van der Waals surface area contributed by atoms with E-state index in [1.807, 2.05) is 13.8 Å². The van der Waals surface area contributed by atoms with Crippen LogP contribution in [0.25, 0.3) is 17.2 Å². The van der Waals surface area contributed by atoms with Crippen LogP contribution in [0.2, 0.25) is 0 Å². The first-order valence-corrected chi connectivity index (χ1v) is 9.21. The van der Waals surface area contributed by atoms with Crippen LogP contribution in [0, 0.1) is 26.6 Å². The third kappa shape index (κ3) is 3.93. The normalized spacial score (nSPS) is 11.3. The van der Waals surface area contributed by atoms with E-state index < -0.39 is 12.4 Å². The number of hydrogen-bond acceptors (Lipinski definition) is 7. The number of ether oxygens (including phenoxy) is 1. The number of hydrogen-bond donors (Lipinski definition) is 2. The second-order valence-electron chi connectivity index (χ2n) is 6.83. The number of aromatic nitrogens is 5. The zero-order valence-corrected chi connectivity index (χ0v) is 16.8. The number of imidazole rings is 1. The summed E-state index contributed by atoms with van der Waals surface area (Å²) in [5.41, 5.74) is 9.51. The largest absolute Gasteiger partial charge is 0.435 e. The minimum absolute atomic E-state index is 0.0235. The molecule has 0 saturated heterocycles. The van der Waals surface area contributed by atoms with Crippen molar-refractivity contribution in [2.45, 2.75) is 27.4 Å². The van der Waals surface area contributed by atoms with Crippen molar-refractivity contribution in [3.63, 3.8) is 0 Å². The second-order valence-corrected chi connectivity index (χ2v) is 6.83. The summed E-state index contributed by atoms with van der Waals surface area (Å²) in [5.74, 6) is -1.19. The molecule has 0 aliphatic rings. The first-order chi connectivity index (χ1) is 14.7. The van der Waals surface area contributed by atoms with Gasteiger partial charge in [0.05, 0.1) is 17.1 Å². The molecule has 0 bridgehead atoms. The number of nitrogen functional groups attached to an aromatic ring is 1. The minimum atomic E-state index is -2.93. The molecular formula is C20H18F3N7O. The summed E-state index contributed by atoms with van der Waals surface area (Å²) in [6.07, 6.45) is 1.79. The predicted molar refractivity (Wildman–Crippen MR) is 109 cm³/mol. The third-order valence-corrected chi connectivity index (χ3v) is 4.50. The number of halogens is 3. The van der Waals surface area contributed by atoms with Gasteiger partial charge in [0.2, 0.25) is 5.82 Å². The number of anilines is 3. The van der Waals surface area contributed by atoms with Gasteiger partial charge in [-0.3, -0.25) is 9.38 Å². The molecule has 8 nitrogen and oxygen atoms in total. The van der Waals surface area contributed by atoms with Crippen molar-refractivity contribution < 1.29 is 17.9 Å². The maximum Gasteiger partial charge on any atom is 0.387 e. The standard InChI is InChI=1S/C20H18F3N7O/c1-9-8-30-15(10(2)26-19(30)11(3)25-9)18-28-16(24)14(21)17(29-18)27-12-4-6-13(7-5-12)31-20(22)23/h4-8,20H,1-3H3,(H3,24,27,28,29). The van der Waals surface area contributed by atoms with Crippen LogP contribution < -0.4 is 15.8 Å². The Bertz CT molecular complexity index is 1270. The van der Waals surface area contributed by atoms with Crippen LogP contribution in [-0.4, -0.2) is 30.9 Å². The van der Waals surface area contributed by atoms with Crippen LogP contribution in [-0.2, 0) is 0 Å². The number of fused-ring (bicyclic) bond motifs is 1. The summed E-state index contributed by atoms with van der Waals surface area (Å²) in [6, 6.07) is 5.55. The average molecular weight is 429 g/mol. The highest BCUT2D eigenvalue weighted by molar-refractivity contribution is 5.68. The molecule has 3 aromatic heterocycles. The van der Waals surface area contributed by atoms with E-state index in [4.69, 9.17) is 5.73 Å². The van der Waals surface area contributed by atoms with Crippen LogP contribution in [0.5, 0.6) is 5.75 Å². The van der Waals surface area contributed by atoms with Crippen molar-refractivity contribution >= 4 is 23.0 Å². The molecule has 4 rings (SSSR count). The average Bonchev–Trinajstić information content (AvgIpc) is 3.02. The summed E-state index contributed by atoms with van der Waals surface area (Å²) in [7, 11) is 0. The molecule has 0 fully saturated rings. The molecule has 4 aromatic rings. The van der Waals surface area contributed by atoms with Crippen LogP contribution >= 0.6 is 0 Å². The Morgan fingerprint density at radius 2 is 1.71 bits per heavy atom. The Hall–Kier alpha value is -3.89. The Labute approximate surface area is 175 Å². The number of benzene rings is 1. The molecule has 1 aromatic carbocycles. The summed E-state index contributed by atoms with van der Waals surface area (Å²) in [5, 5.41) is 2.80. The molecule has 11 heteroatoms. The summed E-state index contributed by atoms with van der Waals surface area (Å²) < 4.78 is 45.4. The fraction of sp³-hybridized carbons (Fsp3) is 0.200. The van der Waals surface area contributed by atoms with E-state index in [-0.39, 0.29) is 23.2 Å². The van der Waals surface area contributed by atoms with Gasteiger partial charge in [0.15, 0.2) is 23.1 Å². The second kappa shape index (κ2) is 7.74. The highest BCUT2D eigenvalue weighted by Crippen LogP contribution is 2.29. The van der Waals surface area contributed by atoms with Crippen molar-refractivity contribution in [3.8, 4) is 17.3 Å². The molecule has 0 amide bonds. The maximum atomic E-state index is 14.6. The molecule has 0 atom stereocenters. The van der Waals surface area contributed by atoms with Gasteiger partial charge >= 0.3 is 6.61 Å². The van der Waals surface area contributed by atoms with E-state index in [9.17, 15) is 13.2 Å². The topological polar surface area (TPSA) is 103 Å². The Balaban J connectivity index is 1.76. The SMILES string of the molecule is Cc1cn2c(-c3nc(N)c(F)c(Nc4ccc(OC(F)F)cc4)n3)c(C)nc2c(C)n1. The number of rotatable bonds is 5. The molecule has 0 radical (unpaired) electrons. The van der Waals surface area contributed by atoms with E-state index in [1.165, 1.54) is 24.3 Å².